The Morgan fingerprint density at radius 3 is 2.43 bits per heavy atom. The quantitative estimate of drug-likeness (QED) is 0.500. The van der Waals surface area contributed by atoms with E-state index in [1.54, 1.807) is 0 Å². The normalized spacial score (nSPS) is 11.7. The number of carbonyl (C=O) groups is 1. The molecule has 0 aromatic rings. The molecule has 0 bridgehead atoms. The Kier molecular flexibility index (Phi) is 6.06. The van der Waals surface area contributed by atoms with E-state index >= 15 is 0 Å². The summed E-state index contributed by atoms with van der Waals surface area (Å²) in [6, 6.07) is 0. The van der Waals surface area contributed by atoms with Crippen molar-refractivity contribution in [3.8, 4) is 0 Å². The number of carbonyl (C=O) groups excluding carboxylic acids is 1. The van der Waals surface area contributed by atoms with Crippen LogP contribution >= 0.6 is 11.6 Å². The summed E-state index contributed by atoms with van der Waals surface area (Å²) in [4.78, 5) is 10.9. The third kappa shape index (κ3) is 4.26. The van der Waals surface area contributed by atoms with Gasteiger partial charge in [-0.1, -0.05) is 6.92 Å². The summed E-state index contributed by atoms with van der Waals surface area (Å²) in [5, 5.41) is -0.524. The molecule has 0 amide bonds. The molecule has 0 spiro atoms. The summed E-state index contributed by atoms with van der Waals surface area (Å²) in [5.74, 6) is -0.591. The highest BCUT2D eigenvalue weighted by Crippen LogP contribution is 2.04. The van der Waals surface area contributed by atoms with Gasteiger partial charge in [-0.15, -0.1) is 11.6 Å². The van der Waals surface area contributed by atoms with Crippen LogP contribution in [0, 0.1) is 0 Å². The molecule has 7 heteroatoms. The highest BCUT2D eigenvalue weighted by molar-refractivity contribution is 7.90. The smallest absolute Gasteiger partial charge is 0.321 e. The van der Waals surface area contributed by atoms with Gasteiger partial charge in [0.05, 0.1) is 7.11 Å². The molecule has 0 aromatic heterocycles. The minimum Gasteiger partial charge on any atom is -0.468 e. The van der Waals surface area contributed by atoms with Gasteiger partial charge in [-0.2, -0.15) is 4.31 Å². The van der Waals surface area contributed by atoms with Crippen LogP contribution in [-0.2, 0) is 19.6 Å². The van der Waals surface area contributed by atoms with Crippen LogP contribution in [-0.4, -0.2) is 44.1 Å². The average molecular weight is 244 g/mol. The van der Waals surface area contributed by atoms with Crippen LogP contribution in [0.15, 0.2) is 0 Å². The molecule has 0 unspecified atom stereocenters. The zero-order chi connectivity index (χ0) is 11.2. The molecular weight excluding hydrogens is 230 g/mol. The van der Waals surface area contributed by atoms with Crippen LogP contribution in [0.1, 0.15) is 13.3 Å². The number of sulfonamides is 1. The molecule has 0 rings (SSSR count). The van der Waals surface area contributed by atoms with Crippen LogP contribution < -0.4 is 0 Å². The van der Waals surface area contributed by atoms with Crippen LogP contribution in [0.25, 0.3) is 0 Å². The summed E-state index contributed by atoms with van der Waals surface area (Å²) in [5.41, 5.74) is 0. The van der Waals surface area contributed by atoms with Gasteiger partial charge in [-0.05, 0) is 6.42 Å². The molecule has 0 saturated heterocycles. The predicted octanol–water partition coefficient (Wildman–Crippen LogP) is 0.398. The van der Waals surface area contributed by atoms with Crippen LogP contribution in [0.5, 0.6) is 0 Å². The number of hydrogen-bond donors (Lipinski definition) is 0. The van der Waals surface area contributed by atoms with Gasteiger partial charge in [-0.25, -0.2) is 8.42 Å². The molecular formula is C7H14ClNO4S. The topological polar surface area (TPSA) is 63.7 Å². The van der Waals surface area contributed by atoms with Gasteiger partial charge in [0.1, 0.15) is 11.8 Å². The molecule has 5 nitrogen and oxygen atoms in total. The van der Waals surface area contributed by atoms with E-state index in [1.807, 2.05) is 6.92 Å². The van der Waals surface area contributed by atoms with E-state index in [1.165, 1.54) is 7.11 Å². The van der Waals surface area contributed by atoms with Crippen molar-refractivity contribution in [3.05, 3.63) is 0 Å². The average Bonchev–Trinajstić information content (AvgIpc) is 2.17. The Morgan fingerprint density at radius 1 is 1.50 bits per heavy atom. The second kappa shape index (κ2) is 6.21. The van der Waals surface area contributed by atoms with E-state index in [-0.39, 0.29) is 13.1 Å². The molecule has 0 aromatic carbocycles. The number of nitrogens with zero attached hydrogens (tertiary/aromatic N) is 1. The van der Waals surface area contributed by atoms with Crippen molar-refractivity contribution in [1.29, 1.82) is 0 Å². The summed E-state index contributed by atoms with van der Waals surface area (Å²) < 4.78 is 28.1. The first-order valence-corrected chi connectivity index (χ1v) is 6.23. The summed E-state index contributed by atoms with van der Waals surface area (Å²) in [6.45, 7) is 1.80. The molecule has 0 radical (unpaired) electrons. The molecule has 14 heavy (non-hydrogen) atoms. The highest BCUT2D eigenvalue weighted by Gasteiger charge is 2.22. The molecule has 0 aliphatic rings. The number of hydrogen-bond acceptors (Lipinski definition) is 4. The summed E-state index contributed by atoms with van der Waals surface area (Å²) in [7, 11) is -2.32. The van der Waals surface area contributed by atoms with Gasteiger partial charge in [-0.3, -0.25) is 4.79 Å². The van der Waals surface area contributed by atoms with Gasteiger partial charge in [0, 0.05) is 6.54 Å². The first kappa shape index (κ1) is 13.7. The Hall–Kier alpha value is -0.330. The number of esters is 1. The van der Waals surface area contributed by atoms with E-state index < -0.39 is 21.2 Å². The predicted molar refractivity (Wildman–Crippen MR) is 53.5 cm³/mol. The van der Waals surface area contributed by atoms with Crippen LogP contribution in [0.2, 0.25) is 0 Å². The fourth-order valence-corrected chi connectivity index (χ4v) is 2.16. The molecule has 84 valence electrons. The lowest BCUT2D eigenvalue weighted by molar-refractivity contribution is -0.140. The second-order valence-electron chi connectivity index (χ2n) is 2.63. The fourth-order valence-electron chi connectivity index (χ4n) is 0.843. The molecule has 0 heterocycles. The Balaban J connectivity index is 4.52. The lowest BCUT2D eigenvalue weighted by Gasteiger charge is -2.18. The van der Waals surface area contributed by atoms with Crippen molar-refractivity contribution >= 4 is 27.6 Å². The van der Waals surface area contributed by atoms with Crippen molar-refractivity contribution in [2.45, 2.75) is 13.3 Å². The van der Waals surface area contributed by atoms with E-state index in [0.29, 0.717) is 6.42 Å². The minimum atomic E-state index is -3.53. The van der Waals surface area contributed by atoms with Crippen molar-refractivity contribution in [2.24, 2.45) is 0 Å². The van der Waals surface area contributed by atoms with Crippen LogP contribution in [0.3, 0.4) is 0 Å². The van der Waals surface area contributed by atoms with Crippen molar-refractivity contribution in [2.75, 3.05) is 25.4 Å². The van der Waals surface area contributed by atoms with Crippen molar-refractivity contribution in [3.63, 3.8) is 0 Å². The number of ether oxygens (including phenoxy) is 1. The third-order valence-corrected chi connectivity index (χ3v) is 3.74. The summed E-state index contributed by atoms with van der Waals surface area (Å²) in [6.07, 6.45) is 0.618. The molecule has 0 aliphatic heterocycles. The lowest BCUT2D eigenvalue weighted by Crippen LogP contribution is -2.37. The molecule has 0 N–H and O–H groups in total. The second-order valence-corrected chi connectivity index (χ2v) is 5.18. The zero-order valence-electron chi connectivity index (χ0n) is 8.19. The maximum absolute atomic E-state index is 11.3. The van der Waals surface area contributed by atoms with E-state index in [0.717, 1.165) is 4.31 Å². The lowest BCUT2D eigenvalue weighted by atomic mass is 10.5. The third-order valence-electron chi connectivity index (χ3n) is 1.54. The number of methoxy groups -OCH3 is 1. The van der Waals surface area contributed by atoms with Gasteiger partial charge >= 0.3 is 5.97 Å². The van der Waals surface area contributed by atoms with E-state index in [9.17, 15) is 13.2 Å². The number of halogens is 1. The first-order valence-electron chi connectivity index (χ1n) is 4.08. The molecule has 0 saturated carbocycles. The fraction of sp³-hybridized carbons (Fsp3) is 0.857. The van der Waals surface area contributed by atoms with E-state index in [4.69, 9.17) is 11.6 Å². The maximum Gasteiger partial charge on any atom is 0.321 e. The first-order chi connectivity index (χ1) is 6.47. The monoisotopic (exact) mass is 243 g/mol. The molecule has 0 atom stereocenters. The molecule has 0 fully saturated rings. The Labute approximate surface area is 89.0 Å². The number of rotatable bonds is 6. The van der Waals surface area contributed by atoms with Gasteiger partial charge < -0.3 is 4.74 Å². The Bertz CT molecular complexity index is 277. The zero-order valence-corrected chi connectivity index (χ0v) is 9.77. The standard InChI is InChI=1S/C7H14ClNO4S/c1-3-4-9(5-7(10)13-2)14(11,12)6-8/h3-6H2,1-2H3. The minimum absolute atomic E-state index is 0.268. The molecule has 0 aliphatic carbocycles. The van der Waals surface area contributed by atoms with Crippen LogP contribution in [0.4, 0.5) is 0 Å². The highest BCUT2D eigenvalue weighted by atomic mass is 35.5. The van der Waals surface area contributed by atoms with Crippen molar-refractivity contribution in [1.82, 2.24) is 4.31 Å². The summed E-state index contributed by atoms with van der Waals surface area (Å²) >= 11 is 5.27. The SMILES string of the molecule is CCCN(CC(=O)OC)S(=O)(=O)CCl. The maximum atomic E-state index is 11.3. The van der Waals surface area contributed by atoms with Gasteiger partial charge in [0.15, 0.2) is 0 Å². The van der Waals surface area contributed by atoms with E-state index in [2.05, 4.69) is 4.74 Å². The van der Waals surface area contributed by atoms with Crippen molar-refractivity contribution < 1.29 is 17.9 Å². The van der Waals surface area contributed by atoms with Gasteiger partial charge in [0.25, 0.3) is 0 Å². The Morgan fingerprint density at radius 2 is 2.07 bits per heavy atom. The number of alkyl halides is 1. The largest absolute Gasteiger partial charge is 0.468 e. The van der Waals surface area contributed by atoms with Gasteiger partial charge in [0.2, 0.25) is 10.0 Å².